The second-order valence-electron chi connectivity index (χ2n) is 13.0. The van der Waals surface area contributed by atoms with Crippen LogP contribution in [0.5, 0.6) is 0 Å². The van der Waals surface area contributed by atoms with Crippen LogP contribution in [0.2, 0.25) is 0 Å². The van der Waals surface area contributed by atoms with Gasteiger partial charge in [-0.15, -0.1) is 0 Å². The number of non-ortho nitro benzene ring substituents is 1. The van der Waals surface area contributed by atoms with Crippen molar-refractivity contribution in [3.63, 3.8) is 0 Å². The van der Waals surface area contributed by atoms with Gasteiger partial charge in [-0.05, 0) is 12.5 Å². The fraction of sp³-hybridized carbons (Fsp3) is 0.825. The Balaban J connectivity index is 1.69. The minimum atomic E-state index is -0.682. The molecule has 0 aromatic heterocycles. The minimum absolute atomic E-state index is 0.153. The Bertz CT molecular complexity index is 1170. The van der Waals surface area contributed by atoms with Gasteiger partial charge in [0, 0.05) is 19.0 Å². The zero-order valence-corrected chi connectivity index (χ0v) is 35.7. The van der Waals surface area contributed by atoms with Crippen molar-refractivity contribution >= 4 is 23.0 Å². The van der Waals surface area contributed by atoms with E-state index in [2.05, 4.69) is 12.2 Å². The summed E-state index contributed by atoms with van der Waals surface area (Å²) in [6, 6.07) is 3.42. The molecule has 0 unspecified atom stereocenters. The first-order chi connectivity index (χ1) is 29.5. The highest BCUT2D eigenvalue weighted by Gasteiger charge is 2.19. The van der Waals surface area contributed by atoms with E-state index < -0.39 is 9.85 Å². The van der Waals surface area contributed by atoms with E-state index in [1.165, 1.54) is 44.2 Å². The summed E-state index contributed by atoms with van der Waals surface area (Å²) < 4.78 is 65.3. The van der Waals surface area contributed by atoms with E-state index >= 15 is 0 Å². The molecular weight excluding hydrogens is 794 g/mol. The van der Waals surface area contributed by atoms with Crippen LogP contribution in [0.1, 0.15) is 58.3 Å². The molecule has 20 nitrogen and oxygen atoms in total. The first kappa shape index (κ1) is 54.9. The van der Waals surface area contributed by atoms with Gasteiger partial charge in [-0.1, -0.05) is 45.4 Å². The monoisotopic (exact) mass is 865 g/mol. The summed E-state index contributed by atoms with van der Waals surface area (Å²) in [5, 5.41) is 24.8. The van der Waals surface area contributed by atoms with Crippen LogP contribution in [0.25, 0.3) is 0 Å². The average Bonchev–Trinajstić information content (AvgIpc) is 3.24. The Morgan fingerprint density at radius 1 is 0.483 bits per heavy atom. The van der Waals surface area contributed by atoms with E-state index in [0.29, 0.717) is 145 Å². The zero-order valence-electron chi connectivity index (χ0n) is 35.7. The second kappa shape index (κ2) is 42.5. The minimum Gasteiger partial charge on any atom is -0.463 e. The normalized spacial score (nSPS) is 11.3. The standard InChI is InChI=1S/C40H71N3O17/c1-2-3-4-5-6-7-8-9-40(44)60-35-34-59-33-32-58-31-30-57-29-28-56-27-26-55-25-24-54-23-22-53-21-20-52-19-18-51-17-16-50-15-14-49-13-12-41-38-11-10-37(42(45)46)36-39(38)43(47)48/h10-11,36,41H,2-9,12-35H2,1H3. The highest BCUT2D eigenvalue weighted by molar-refractivity contribution is 5.69. The van der Waals surface area contributed by atoms with Crippen LogP contribution in [-0.2, 0) is 61.6 Å². The van der Waals surface area contributed by atoms with Crippen LogP contribution in [0.15, 0.2) is 18.2 Å². The lowest BCUT2D eigenvalue weighted by atomic mass is 10.1. The van der Waals surface area contributed by atoms with Crippen LogP contribution >= 0.6 is 0 Å². The molecule has 0 atom stereocenters. The number of hydrogen-bond acceptors (Lipinski definition) is 18. The summed E-state index contributed by atoms with van der Waals surface area (Å²) in [7, 11) is 0. The lowest BCUT2D eigenvalue weighted by Gasteiger charge is -2.09. The maximum atomic E-state index is 11.7. The number of unbranched alkanes of at least 4 members (excludes halogenated alkanes) is 6. The molecule has 20 heteroatoms. The van der Waals surface area contributed by atoms with Gasteiger partial charge < -0.3 is 62.2 Å². The Hall–Kier alpha value is -3.15. The number of rotatable bonds is 47. The van der Waals surface area contributed by atoms with Crippen LogP contribution < -0.4 is 5.32 Å². The van der Waals surface area contributed by atoms with Gasteiger partial charge in [0.25, 0.3) is 11.4 Å². The molecule has 1 rings (SSSR count). The highest BCUT2D eigenvalue weighted by Crippen LogP contribution is 2.28. The maximum absolute atomic E-state index is 11.7. The SMILES string of the molecule is CCCCCCCCCC(=O)OCCOCCOCCOCCOCCOCCOCCOCCOCCOCCOCCOCCNc1ccc([N+](=O)[O-])cc1[N+](=O)[O-]. The molecule has 0 aliphatic heterocycles. The van der Waals surface area contributed by atoms with Crippen molar-refractivity contribution < 1.29 is 71.5 Å². The molecule has 0 saturated heterocycles. The molecule has 0 spiro atoms. The summed E-state index contributed by atoms with van der Waals surface area (Å²) in [4.78, 5) is 32.4. The number of nitrogens with one attached hydrogen (secondary N) is 1. The summed E-state index contributed by atoms with van der Waals surface area (Å²) >= 11 is 0. The third-order valence-corrected chi connectivity index (χ3v) is 8.15. The van der Waals surface area contributed by atoms with E-state index in [1.807, 2.05) is 0 Å². The number of ether oxygens (including phenoxy) is 12. The fourth-order valence-corrected chi connectivity index (χ4v) is 5.01. The Morgan fingerprint density at radius 3 is 1.20 bits per heavy atom. The van der Waals surface area contributed by atoms with Crippen LogP contribution in [0, 0.1) is 20.2 Å². The molecule has 0 aliphatic rings. The Kier molecular flexibility index (Phi) is 38.9. The molecule has 0 radical (unpaired) electrons. The quantitative estimate of drug-likeness (QED) is 0.0402. The molecular formula is C40H71N3O17. The van der Waals surface area contributed by atoms with Crippen molar-refractivity contribution in [3.05, 3.63) is 38.4 Å². The number of esters is 1. The van der Waals surface area contributed by atoms with E-state index in [0.717, 1.165) is 18.9 Å². The topological polar surface area (TPSA) is 226 Å². The molecule has 0 amide bonds. The molecule has 0 saturated carbocycles. The average molecular weight is 866 g/mol. The van der Waals surface area contributed by atoms with E-state index in [-0.39, 0.29) is 42.8 Å². The number of carbonyl (C=O) groups excluding carboxylic acids is 1. The van der Waals surface area contributed by atoms with Gasteiger partial charge in [0.05, 0.1) is 161 Å². The Morgan fingerprint density at radius 2 is 0.833 bits per heavy atom. The van der Waals surface area contributed by atoms with Crippen LogP contribution in [0.4, 0.5) is 17.1 Å². The van der Waals surface area contributed by atoms with Crippen molar-refractivity contribution in [2.75, 3.05) is 164 Å². The molecule has 0 bridgehead atoms. The summed E-state index contributed by atoms with van der Waals surface area (Å²) in [5.74, 6) is -0.153. The van der Waals surface area contributed by atoms with Gasteiger partial charge in [-0.2, -0.15) is 0 Å². The van der Waals surface area contributed by atoms with Gasteiger partial charge in [-0.3, -0.25) is 25.0 Å². The van der Waals surface area contributed by atoms with Crippen molar-refractivity contribution in [3.8, 4) is 0 Å². The largest absolute Gasteiger partial charge is 0.463 e. The Labute approximate surface area is 354 Å². The number of hydrogen-bond donors (Lipinski definition) is 1. The lowest BCUT2D eigenvalue weighted by molar-refractivity contribution is -0.393. The predicted molar refractivity (Wildman–Crippen MR) is 221 cm³/mol. The first-order valence-electron chi connectivity index (χ1n) is 21.1. The number of benzene rings is 1. The molecule has 0 heterocycles. The van der Waals surface area contributed by atoms with Gasteiger partial charge in [-0.25, -0.2) is 0 Å². The van der Waals surface area contributed by atoms with Crippen molar-refractivity contribution in [1.82, 2.24) is 0 Å². The number of nitrogens with zero attached hydrogens (tertiary/aromatic N) is 2. The third-order valence-electron chi connectivity index (χ3n) is 8.15. The van der Waals surface area contributed by atoms with E-state index in [1.54, 1.807) is 0 Å². The van der Waals surface area contributed by atoms with Gasteiger partial charge >= 0.3 is 5.97 Å². The van der Waals surface area contributed by atoms with Gasteiger partial charge in [0.15, 0.2) is 0 Å². The van der Waals surface area contributed by atoms with Gasteiger partial charge in [0.1, 0.15) is 12.3 Å². The zero-order chi connectivity index (χ0) is 43.4. The second-order valence-corrected chi connectivity index (χ2v) is 13.0. The highest BCUT2D eigenvalue weighted by atomic mass is 16.6. The van der Waals surface area contributed by atoms with Crippen molar-refractivity contribution in [2.45, 2.75) is 58.3 Å². The van der Waals surface area contributed by atoms with Gasteiger partial charge in [0.2, 0.25) is 0 Å². The number of nitro groups is 2. The molecule has 1 N–H and O–H groups in total. The summed E-state index contributed by atoms with van der Waals surface area (Å²) in [6.07, 6.45) is 8.71. The molecule has 0 aliphatic carbocycles. The molecule has 60 heavy (non-hydrogen) atoms. The smallest absolute Gasteiger partial charge is 0.305 e. The van der Waals surface area contributed by atoms with Crippen LogP contribution in [0.3, 0.4) is 0 Å². The van der Waals surface area contributed by atoms with Crippen LogP contribution in [-0.4, -0.2) is 174 Å². The molecule has 0 fully saturated rings. The summed E-state index contributed by atoms with van der Waals surface area (Å²) in [5.41, 5.74) is -0.535. The van der Waals surface area contributed by atoms with Crippen molar-refractivity contribution in [2.24, 2.45) is 0 Å². The molecule has 1 aromatic carbocycles. The maximum Gasteiger partial charge on any atom is 0.305 e. The number of nitro benzene ring substituents is 2. The number of carbonyl (C=O) groups is 1. The van der Waals surface area contributed by atoms with Crippen molar-refractivity contribution in [1.29, 1.82) is 0 Å². The third kappa shape index (κ3) is 35.6. The molecule has 1 aromatic rings. The fourth-order valence-electron chi connectivity index (χ4n) is 5.01. The lowest BCUT2D eigenvalue weighted by Crippen LogP contribution is -2.16. The first-order valence-corrected chi connectivity index (χ1v) is 21.1. The predicted octanol–water partition coefficient (Wildman–Crippen LogP) is 4.78. The number of anilines is 1. The van der Waals surface area contributed by atoms with E-state index in [4.69, 9.17) is 56.8 Å². The molecule has 348 valence electrons. The van der Waals surface area contributed by atoms with E-state index in [9.17, 15) is 25.0 Å². The summed E-state index contributed by atoms with van der Waals surface area (Å²) in [6.45, 7) is 12.2.